The Kier molecular flexibility index (Phi) is 1.53. The summed E-state index contributed by atoms with van der Waals surface area (Å²) in [5, 5.41) is 3.21. The predicted octanol–water partition coefficient (Wildman–Crippen LogP) is 2.78. The lowest BCUT2D eigenvalue weighted by Gasteiger charge is -2.05. The van der Waals surface area contributed by atoms with Crippen molar-refractivity contribution < 1.29 is 0 Å². The first-order chi connectivity index (χ1) is 5.29. The molecule has 0 fully saturated rings. The van der Waals surface area contributed by atoms with E-state index in [4.69, 9.17) is 11.6 Å². The van der Waals surface area contributed by atoms with Gasteiger partial charge in [-0.25, -0.2) is 0 Å². The van der Waals surface area contributed by atoms with E-state index in [1.807, 2.05) is 12.1 Å². The molecule has 2 unspecified atom stereocenters. The Morgan fingerprint density at radius 3 is 2.82 bits per heavy atom. The lowest BCUT2D eigenvalue weighted by Crippen LogP contribution is -2.09. The molecule has 0 aromatic heterocycles. The summed E-state index contributed by atoms with van der Waals surface area (Å²) in [6.45, 7) is 2.14. The van der Waals surface area contributed by atoms with Crippen LogP contribution in [0.5, 0.6) is 0 Å². The zero-order valence-corrected chi connectivity index (χ0v) is 7.10. The molecule has 0 saturated heterocycles. The highest BCUT2D eigenvalue weighted by molar-refractivity contribution is 6.22. The second-order valence-corrected chi connectivity index (χ2v) is 3.39. The molecule has 2 heteroatoms. The summed E-state index contributed by atoms with van der Waals surface area (Å²) < 4.78 is 0. The number of benzene rings is 1. The molecule has 58 valence electrons. The number of anilines is 1. The third kappa shape index (κ3) is 1.000. The first-order valence-electron chi connectivity index (χ1n) is 3.78. The molecule has 11 heavy (non-hydrogen) atoms. The van der Waals surface area contributed by atoms with E-state index in [9.17, 15) is 0 Å². The van der Waals surface area contributed by atoms with E-state index in [-0.39, 0.29) is 5.50 Å². The highest BCUT2D eigenvalue weighted by Crippen LogP contribution is 2.36. The first-order valence-corrected chi connectivity index (χ1v) is 4.22. The molecule has 1 heterocycles. The minimum Gasteiger partial charge on any atom is -0.369 e. The zero-order chi connectivity index (χ0) is 7.84. The lowest BCUT2D eigenvalue weighted by molar-refractivity contribution is 0.800. The van der Waals surface area contributed by atoms with E-state index >= 15 is 0 Å². The Labute approximate surface area is 71.4 Å². The largest absolute Gasteiger partial charge is 0.369 e. The normalized spacial score (nSPS) is 27.8. The van der Waals surface area contributed by atoms with Crippen molar-refractivity contribution in [3.63, 3.8) is 0 Å². The van der Waals surface area contributed by atoms with Gasteiger partial charge in [0.2, 0.25) is 0 Å². The molecule has 1 aliphatic heterocycles. The topological polar surface area (TPSA) is 12.0 Å². The van der Waals surface area contributed by atoms with Gasteiger partial charge in [0, 0.05) is 11.6 Å². The van der Waals surface area contributed by atoms with Gasteiger partial charge in [-0.05, 0) is 11.6 Å². The predicted molar refractivity (Wildman–Crippen MR) is 48.1 cm³/mol. The number of para-hydroxylation sites is 1. The van der Waals surface area contributed by atoms with E-state index in [2.05, 4.69) is 24.4 Å². The number of hydrogen-bond donors (Lipinski definition) is 1. The fourth-order valence-electron chi connectivity index (χ4n) is 1.46. The summed E-state index contributed by atoms with van der Waals surface area (Å²) in [6, 6.07) is 8.25. The SMILES string of the molecule is CC1c2ccccc2NC1Cl. The molecular formula is C9H10ClN. The Bertz CT molecular complexity index is 272. The fraction of sp³-hybridized carbons (Fsp3) is 0.333. The van der Waals surface area contributed by atoms with Crippen molar-refractivity contribution in [3.05, 3.63) is 29.8 Å². The molecule has 0 radical (unpaired) electrons. The van der Waals surface area contributed by atoms with Gasteiger partial charge < -0.3 is 5.32 Å². The van der Waals surface area contributed by atoms with Crippen LogP contribution >= 0.6 is 11.6 Å². The molecule has 1 N–H and O–H groups in total. The van der Waals surface area contributed by atoms with Gasteiger partial charge in [0.25, 0.3) is 0 Å². The average Bonchev–Trinajstić information content (AvgIpc) is 2.30. The molecule has 0 amide bonds. The third-order valence-electron chi connectivity index (χ3n) is 2.18. The number of halogens is 1. The Morgan fingerprint density at radius 2 is 2.09 bits per heavy atom. The number of hydrogen-bond acceptors (Lipinski definition) is 1. The highest BCUT2D eigenvalue weighted by Gasteiger charge is 2.25. The van der Waals surface area contributed by atoms with Crippen LogP contribution in [0.25, 0.3) is 0 Å². The van der Waals surface area contributed by atoms with Gasteiger partial charge in [0.1, 0.15) is 5.50 Å². The lowest BCUT2D eigenvalue weighted by atomic mass is 10.0. The van der Waals surface area contributed by atoms with E-state index < -0.39 is 0 Å². The summed E-state index contributed by atoms with van der Waals surface area (Å²) in [6.07, 6.45) is 0. The van der Waals surface area contributed by atoms with Gasteiger partial charge in [0.05, 0.1) is 0 Å². The van der Waals surface area contributed by atoms with Crippen LogP contribution in [0.3, 0.4) is 0 Å². The van der Waals surface area contributed by atoms with Gasteiger partial charge in [-0.1, -0.05) is 36.7 Å². The van der Waals surface area contributed by atoms with Crippen molar-refractivity contribution in [2.45, 2.75) is 18.3 Å². The van der Waals surface area contributed by atoms with E-state index in [1.54, 1.807) is 0 Å². The van der Waals surface area contributed by atoms with Crippen molar-refractivity contribution in [3.8, 4) is 0 Å². The Morgan fingerprint density at radius 1 is 1.36 bits per heavy atom. The molecule has 1 aromatic carbocycles. The Balaban J connectivity index is 2.47. The van der Waals surface area contributed by atoms with Crippen molar-refractivity contribution in [2.24, 2.45) is 0 Å². The molecule has 2 atom stereocenters. The van der Waals surface area contributed by atoms with Gasteiger partial charge in [-0.2, -0.15) is 0 Å². The van der Waals surface area contributed by atoms with Crippen LogP contribution in [0, 0.1) is 0 Å². The first kappa shape index (κ1) is 6.99. The number of alkyl halides is 1. The Hall–Kier alpha value is -0.690. The molecule has 1 aromatic rings. The van der Waals surface area contributed by atoms with Crippen LogP contribution in [0.15, 0.2) is 24.3 Å². The van der Waals surface area contributed by atoms with E-state index in [0.717, 1.165) is 0 Å². The maximum atomic E-state index is 6.02. The van der Waals surface area contributed by atoms with Crippen LogP contribution in [0.2, 0.25) is 0 Å². The maximum absolute atomic E-state index is 6.02. The van der Waals surface area contributed by atoms with Crippen LogP contribution in [-0.4, -0.2) is 5.50 Å². The molecule has 1 aliphatic rings. The molecule has 0 bridgehead atoms. The summed E-state index contributed by atoms with van der Waals surface area (Å²) >= 11 is 6.02. The number of nitrogens with one attached hydrogen (secondary N) is 1. The second kappa shape index (κ2) is 2.42. The summed E-state index contributed by atoms with van der Waals surface area (Å²) in [4.78, 5) is 0. The molecule has 0 saturated carbocycles. The minimum atomic E-state index is 0.0624. The maximum Gasteiger partial charge on any atom is 0.108 e. The summed E-state index contributed by atoms with van der Waals surface area (Å²) in [5.74, 6) is 0.424. The molecule has 2 rings (SSSR count). The second-order valence-electron chi connectivity index (χ2n) is 2.92. The van der Waals surface area contributed by atoms with Crippen molar-refractivity contribution in [2.75, 3.05) is 5.32 Å². The van der Waals surface area contributed by atoms with Crippen LogP contribution in [0.1, 0.15) is 18.4 Å². The van der Waals surface area contributed by atoms with Crippen molar-refractivity contribution in [1.82, 2.24) is 0 Å². The van der Waals surface area contributed by atoms with Crippen molar-refractivity contribution >= 4 is 17.3 Å². The molecule has 1 nitrogen and oxygen atoms in total. The van der Waals surface area contributed by atoms with Crippen LogP contribution in [-0.2, 0) is 0 Å². The van der Waals surface area contributed by atoms with E-state index in [1.165, 1.54) is 11.3 Å². The van der Waals surface area contributed by atoms with Crippen LogP contribution in [0.4, 0.5) is 5.69 Å². The smallest absolute Gasteiger partial charge is 0.108 e. The molecular weight excluding hydrogens is 158 g/mol. The fourth-order valence-corrected chi connectivity index (χ4v) is 1.71. The highest BCUT2D eigenvalue weighted by atomic mass is 35.5. The van der Waals surface area contributed by atoms with Gasteiger partial charge in [0.15, 0.2) is 0 Å². The number of fused-ring (bicyclic) bond motifs is 1. The quantitative estimate of drug-likeness (QED) is 0.463. The molecule has 0 spiro atoms. The third-order valence-corrected chi connectivity index (χ3v) is 2.67. The number of rotatable bonds is 0. The monoisotopic (exact) mass is 167 g/mol. The van der Waals surface area contributed by atoms with E-state index in [0.29, 0.717) is 5.92 Å². The van der Waals surface area contributed by atoms with Gasteiger partial charge in [-0.15, -0.1) is 0 Å². The summed E-state index contributed by atoms with van der Waals surface area (Å²) in [7, 11) is 0. The van der Waals surface area contributed by atoms with Crippen molar-refractivity contribution in [1.29, 1.82) is 0 Å². The molecule has 0 aliphatic carbocycles. The summed E-state index contributed by atoms with van der Waals surface area (Å²) in [5.41, 5.74) is 2.57. The van der Waals surface area contributed by atoms with Crippen LogP contribution < -0.4 is 5.32 Å². The minimum absolute atomic E-state index is 0.0624. The average molecular weight is 168 g/mol. The standard InChI is InChI=1S/C9H10ClN/c1-6-7-4-2-3-5-8(7)11-9(6)10/h2-6,9,11H,1H3. The zero-order valence-electron chi connectivity index (χ0n) is 6.34. The van der Waals surface area contributed by atoms with Gasteiger partial charge >= 0.3 is 0 Å². The van der Waals surface area contributed by atoms with Gasteiger partial charge in [-0.3, -0.25) is 0 Å².